The van der Waals surface area contributed by atoms with Gasteiger partial charge >= 0.3 is 0 Å². The summed E-state index contributed by atoms with van der Waals surface area (Å²) in [6, 6.07) is 15.0. The highest BCUT2D eigenvalue weighted by Crippen LogP contribution is 2.21. The highest BCUT2D eigenvalue weighted by Gasteiger charge is 2.05. The molecular formula is C15H14N2O. The number of para-hydroxylation sites is 1. The number of nitrogens with one attached hydrogen (secondary N) is 2. The molecule has 0 unspecified atom stereocenters. The van der Waals surface area contributed by atoms with Crippen LogP contribution in [0.25, 0.3) is 0 Å². The maximum Gasteiger partial charge on any atom is 0.159 e. The molecule has 90 valence electrons. The molecule has 0 saturated carbocycles. The summed E-state index contributed by atoms with van der Waals surface area (Å²) in [6.45, 7) is 1.52. The first kappa shape index (κ1) is 12.0. The van der Waals surface area contributed by atoms with E-state index >= 15 is 0 Å². The molecule has 0 amide bonds. The quantitative estimate of drug-likeness (QED) is 0.631. The van der Waals surface area contributed by atoms with Gasteiger partial charge in [-0.3, -0.25) is 4.79 Å². The van der Waals surface area contributed by atoms with Gasteiger partial charge in [0.1, 0.15) is 0 Å². The molecule has 0 bridgehead atoms. The zero-order valence-corrected chi connectivity index (χ0v) is 10.1. The molecule has 0 aromatic heterocycles. The summed E-state index contributed by atoms with van der Waals surface area (Å²) in [5.41, 5.74) is 3.09. The highest BCUT2D eigenvalue weighted by molar-refractivity contribution is 5.98. The lowest BCUT2D eigenvalue weighted by Crippen LogP contribution is -1.99. The van der Waals surface area contributed by atoms with E-state index in [0.717, 1.165) is 11.4 Å². The summed E-state index contributed by atoms with van der Waals surface area (Å²) in [7, 11) is 0. The van der Waals surface area contributed by atoms with Gasteiger partial charge in [-0.15, -0.1) is 0 Å². The lowest BCUT2D eigenvalue weighted by molar-refractivity contribution is 0.101. The normalized spacial score (nSPS) is 9.83. The van der Waals surface area contributed by atoms with E-state index in [9.17, 15) is 4.79 Å². The second kappa shape index (κ2) is 5.27. The van der Waals surface area contributed by atoms with Crippen molar-refractivity contribution >= 4 is 23.4 Å². The zero-order chi connectivity index (χ0) is 13.0. The third-order valence-corrected chi connectivity index (χ3v) is 2.67. The van der Waals surface area contributed by atoms with Gasteiger partial charge in [0, 0.05) is 28.7 Å². The number of carbonyl (C=O) groups excluding carboxylic acids is 1. The van der Waals surface area contributed by atoms with Crippen LogP contribution in [-0.4, -0.2) is 12.0 Å². The van der Waals surface area contributed by atoms with Gasteiger partial charge in [0.25, 0.3) is 0 Å². The van der Waals surface area contributed by atoms with Crippen LogP contribution in [-0.2, 0) is 0 Å². The van der Waals surface area contributed by atoms with Crippen molar-refractivity contribution in [1.82, 2.24) is 0 Å². The summed E-state index contributed by atoms with van der Waals surface area (Å²) in [6.07, 6.45) is 1.25. The van der Waals surface area contributed by atoms with Crippen LogP contribution in [0.2, 0.25) is 0 Å². The molecule has 0 atom stereocenters. The van der Waals surface area contributed by atoms with Gasteiger partial charge in [-0.2, -0.15) is 0 Å². The predicted molar refractivity (Wildman–Crippen MR) is 74.1 cm³/mol. The Kier molecular flexibility index (Phi) is 3.53. The minimum Gasteiger partial charge on any atom is -0.355 e. The van der Waals surface area contributed by atoms with Crippen molar-refractivity contribution in [2.45, 2.75) is 6.92 Å². The Morgan fingerprint density at radius 1 is 1.17 bits per heavy atom. The second-order valence-corrected chi connectivity index (χ2v) is 3.99. The number of rotatable bonds is 4. The van der Waals surface area contributed by atoms with Crippen LogP contribution >= 0.6 is 0 Å². The first-order valence-electron chi connectivity index (χ1n) is 5.68. The number of anilines is 2. The lowest BCUT2D eigenvalue weighted by Gasteiger charge is -2.10. The molecule has 0 fully saturated rings. The monoisotopic (exact) mass is 238 g/mol. The van der Waals surface area contributed by atoms with Gasteiger partial charge in [0.15, 0.2) is 5.78 Å². The molecule has 0 radical (unpaired) electrons. The molecule has 2 rings (SSSR count). The van der Waals surface area contributed by atoms with Crippen molar-refractivity contribution in [2.75, 3.05) is 5.32 Å². The molecule has 0 aliphatic carbocycles. The van der Waals surface area contributed by atoms with Gasteiger partial charge in [0.05, 0.1) is 0 Å². The van der Waals surface area contributed by atoms with Gasteiger partial charge < -0.3 is 10.7 Å². The van der Waals surface area contributed by atoms with Crippen molar-refractivity contribution in [3.63, 3.8) is 0 Å². The number of hydrogen-bond acceptors (Lipinski definition) is 3. The number of Topliss-reactive ketones (excluding diaryl/α,β-unsaturated/α-hetero) is 1. The summed E-state index contributed by atoms with van der Waals surface area (Å²) in [4.78, 5) is 11.3. The molecule has 2 aromatic carbocycles. The van der Waals surface area contributed by atoms with Gasteiger partial charge in [-0.25, -0.2) is 0 Å². The SMILES string of the molecule is CC(=O)c1ccc(Nc2ccccc2)c(C=N)c1. The molecule has 0 saturated heterocycles. The largest absolute Gasteiger partial charge is 0.355 e. The topological polar surface area (TPSA) is 53.0 Å². The maximum atomic E-state index is 11.3. The van der Waals surface area contributed by atoms with Crippen LogP contribution in [0.4, 0.5) is 11.4 Å². The fraction of sp³-hybridized carbons (Fsp3) is 0.0667. The highest BCUT2D eigenvalue weighted by atomic mass is 16.1. The van der Waals surface area contributed by atoms with Crippen LogP contribution in [0, 0.1) is 5.41 Å². The van der Waals surface area contributed by atoms with E-state index in [2.05, 4.69) is 5.32 Å². The standard InChI is InChI=1S/C15H14N2O/c1-11(18)12-7-8-15(13(9-12)10-16)17-14-5-3-2-4-6-14/h2-10,16-17H,1H3. The Labute approximate surface area is 106 Å². The third kappa shape index (κ3) is 2.63. The molecule has 2 aromatic rings. The van der Waals surface area contributed by atoms with E-state index < -0.39 is 0 Å². The first-order chi connectivity index (χ1) is 8.70. The van der Waals surface area contributed by atoms with Crippen LogP contribution in [0.1, 0.15) is 22.8 Å². The van der Waals surface area contributed by atoms with Crippen LogP contribution in [0.15, 0.2) is 48.5 Å². The van der Waals surface area contributed by atoms with Crippen molar-refractivity contribution in [2.24, 2.45) is 0 Å². The molecule has 3 nitrogen and oxygen atoms in total. The molecule has 18 heavy (non-hydrogen) atoms. The van der Waals surface area contributed by atoms with Crippen molar-refractivity contribution in [3.05, 3.63) is 59.7 Å². The average molecular weight is 238 g/mol. The van der Waals surface area contributed by atoms with Crippen molar-refractivity contribution < 1.29 is 4.79 Å². The molecule has 0 spiro atoms. The van der Waals surface area contributed by atoms with Gasteiger partial charge in [-0.1, -0.05) is 18.2 Å². The Bertz CT molecular complexity index is 576. The van der Waals surface area contributed by atoms with Gasteiger partial charge in [0.2, 0.25) is 0 Å². The fourth-order valence-corrected chi connectivity index (χ4v) is 1.69. The smallest absolute Gasteiger partial charge is 0.159 e. The molecular weight excluding hydrogens is 224 g/mol. The van der Waals surface area contributed by atoms with E-state index in [0.29, 0.717) is 11.1 Å². The summed E-state index contributed by atoms with van der Waals surface area (Å²) < 4.78 is 0. The number of hydrogen-bond donors (Lipinski definition) is 2. The Morgan fingerprint density at radius 2 is 1.89 bits per heavy atom. The Morgan fingerprint density at radius 3 is 2.50 bits per heavy atom. The second-order valence-electron chi connectivity index (χ2n) is 3.99. The third-order valence-electron chi connectivity index (χ3n) is 2.67. The summed E-state index contributed by atoms with van der Waals surface area (Å²) in [5, 5.41) is 10.6. The minimum absolute atomic E-state index is 0.00404. The number of ketones is 1. The molecule has 0 heterocycles. The molecule has 2 N–H and O–H groups in total. The summed E-state index contributed by atoms with van der Waals surface area (Å²) in [5.74, 6) is 0.00404. The predicted octanol–water partition coefficient (Wildman–Crippen LogP) is 3.63. The van der Waals surface area contributed by atoms with Crippen molar-refractivity contribution in [1.29, 1.82) is 5.41 Å². The molecule has 0 aliphatic rings. The molecule has 3 heteroatoms. The zero-order valence-electron chi connectivity index (χ0n) is 10.1. The number of carbonyl (C=O) groups is 1. The maximum absolute atomic E-state index is 11.3. The van der Waals surface area contributed by atoms with Gasteiger partial charge in [-0.05, 0) is 37.3 Å². The molecule has 0 aliphatic heterocycles. The Balaban J connectivity index is 2.34. The fourth-order valence-electron chi connectivity index (χ4n) is 1.69. The number of benzene rings is 2. The van der Waals surface area contributed by atoms with Crippen LogP contribution in [0.5, 0.6) is 0 Å². The van der Waals surface area contributed by atoms with Crippen molar-refractivity contribution in [3.8, 4) is 0 Å². The Hall–Kier alpha value is -2.42. The van der Waals surface area contributed by atoms with E-state index in [1.807, 2.05) is 36.4 Å². The van der Waals surface area contributed by atoms with E-state index in [-0.39, 0.29) is 5.78 Å². The van der Waals surface area contributed by atoms with E-state index in [4.69, 9.17) is 5.41 Å². The van der Waals surface area contributed by atoms with E-state index in [1.54, 1.807) is 12.1 Å². The first-order valence-corrected chi connectivity index (χ1v) is 5.68. The van der Waals surface area contributed by atoms with Crippen LogP contribution in [0.3, 0.4) is 0 Å². The average Bonchev–Trinajstić information content (AvgIpc) is 2.40. The lowest BCUT2D eigenvalue weighted by atomic mass is 10.1. The van der Waals surface area contributed by atoms with Crippen LogP contribution < -0.4 is 5.32 Å². The van der Waals surface area contributed by atoms with E-state index in [1.165, 1.54) is 13.1 Å². The summed E-state index contributed by atoms with van der Waals surface area (Å²) >= 11 is 0. The minimum atomic E-state index is 0.00404.